The van der Waals surface area contributed by atoms with Gasteiger partial charge in [0.2, 0.25) is 11.8 Å². The molecule has 1 aromatic heterocycles. The molecular formula is C29H36FN5O3S. The first-order chi connectivity index (χ1) is 18.5. The van der Waals surface area contributed by atoms with Crippen molar-refractivity contribution in [3.05, 3.63) is 71.2 Å². The van der Waals surface area contributed by atoms with Crippen LogP contribution < -0.4 is 15.0 Å². The van der Waals surface area contributed by atoms with E-state index in [9.17, 15) is 14.0 Å². The zero-order valence-electron chi connectivity index (χ0n) is 23.3. The number of amides is 2. The molecule has 0 aliphatic carbocycles. The third kappa shape index (κ3) is 6.45. The second-order valence-electron chi connectivity index (χ2n) is 10.8. The van der Waals surface area contributed by atoms with Crippen LogP contribution in [-0.2, 0) is 15.0 Å². The molecule has 2 amide bonds. The number of rotatable bonds is 8. The molecule has 1 atom stereocenters. The molecule has 1 aliphatic rings. The smallest absolute Gasteiger partial charge is 0.240 e. The molecule has 39 heavy (non-hydrogen) atoms. The minimum Gasteiger partial charge on any atom is -0.497 e. The van der Waals surface area contributed by atoms with Crippen molar-refractivity contribution in [2.45, 2.75) is 31.4 Å². The lowest BCUT2D eigenvalue weighted by atomic mass is 9.87. The molecule has 0 saturated heterocycles. The fourth-order valence-corrected chi connectivity index (χ4v) is 5.72. The van der Waals surface area contributed by atoms with E-state index in [4.69, 9.17) is 9.84 Å². The normalized spacial score (nSPS) is 15.7. The molecule has 1 N–H and O–H groups in total. The van der Waals surface area contributed by atoms with Crippen LogP contribution >= 0.6 is 11.8 Å². The van der Waals surface area contributed by atoms with Crippen LogP contribution in [0, 0.1) is 5.82 Å². The number of nitrogens with zero attached hydrogens (tertiary/aromatic N) is 4. The Kier molecular flexibility index (Phi) is 8.66. The van der Waals surface area contributed by atoms with Crippen molar-refractivity contribution in [1.29, 1.82) is 0 Å². The van der Waals surface area contributed by atoms with Gasteiger partial charge in [0.15, 0.2) is 0 Å². The number of fused-ring (bicyclic) bond motifs is 1. The van der Waals surface area contributed by atoms with Gasteiger partial charge in [0.25, 0.3) is 0 Å². The fraction of sp³-hybridized carbons (Fsp3) is 0.414. The summed E-state index contributed by atoms with van der Waals surface area (Å²) in [4.78, 5) is 30.2. The maximum atomic E-state index is 14.4. The molecule has 208 valence electrons. The summed E-state index contributed by atoms with van der Waals surface area (Å²) in [5.74, 6) is 0.532. The van der Waals surface area contributed by atoms with Crippen LogP contribution in [0.3, 0.4) is 0 Å². The molecule has 0 spiro atoms. The minimum absolute atomic E-state index is 0.132. The number of benzene rings is 2. The zero-order valence-corrected chi connectivity index (χ0v) is 24.1. The Morgan fingerprint density at radius 2 is 1.92 bits per heavy atom. The molecule has 0 radical (unpaired) electrons. The summed E-state index contributed by atoms with van der Waals surface area (Å²) in [6.45, 7) is 7.18. The lowest BCUT2D eigenvalue weighted by molar-refractivity contribution is -0.122. The van der Waals surface area contributed by atoms with Gasteiger partial charge in [-0.25, -0.2) is 9.07 Å². The Labute approximate surface area is 233 Å². The quantitative estimate of drug-likeness (QED) is 0.451. The lowest BCUT2D eigenvalue weighted by Gasteiger charge is -2.24. The van der Waals surface area contributed by atoms with Crippen LogP contribution in [0.2, 0.25) is 0 Å². The summed E-state index contributed by atoms with van der Waals surface area (Å²) >= 11 is 1.42. The summed E-state index contributed by atoms with van der Waals surface area (Å²) in [7, 11) is 5.47. The van der Waals surface area contributed by atoms with E-state index in [1.54, 1.807) is 17.9 Å². The third-order valence-corrected chi connectivity index (χ3v) is 7.71. The topological polar surface area (TPSA) is 79.7 Å². The molecular weight excluding hydrogens is 517 g/mol. The Morgan fingerprint density at radius 3 is 2.54 bits per heavy atom. The Bertz CT molecular complexity index is 1330. The number of nitrogens with one attached hydrogen (secondary N) is 1. The van der Waals surface area contributed by atoms with Crippen molar-refractivity contribution in [2.24, 2.45) is 0 Å². The van der Waals surface area contributed by atoms with Gasteiger partial charge in [0.05, 0.1) is 29.5 Å². The summed E-state index contributed by atoms with van der Waals surface area (Å²) < 4.78 is 21.5. The molecule has 1 aliphatic heterocycles. The van der Waals surface area contributed by atoms with Crippen molar-refractivity contribution >= 4 is 29.4 Å². The van der Waals surface area contributed by atoms with Gasteiger partial charge in [0.1, 0.15) is 23.9 Å². The Hall–Kier alpha value is -3.37. The lowest BCUT2D eigenvalue weighted by Crippen LogP contribution is -2.43. The largest absolute Gasteiger partial charge is 0.497 e. The summed E-state index contributed by atoms with van der Waals surface area (Å²) in [5.41, 5.74) is 2.65. The van der Waals surface area contributed by atoms with Crippen LogP contribution in [0.1, 0.15) is 42.8 Å². The van der Waals surface area contributed by atoms with E-state index in [1.165, 1.54) is 28.8 Å². The number of aromatic nitrogens is 2. The van der Waals surface area contributed by atoms with Crippen LogP contribution in [0.5, 0.6) is 5.75 Å². The van der Waals surface area contributed by atoms with Gasteiger partial charge in [-0.3, -0.25) is 14.5 Å². The number of carbonyl (C=O) groups excluding carboxylic acids is 2. The van der Waals surface area contributed by atoms with Crippen molar-refractivity contribution in [2.75, 3.05) is 51.5 Å². The van der Waals surface area contributed by atoms with Crippen LogP contribution in [0.4, 0.5) is 10.2 Å². The molecule has 10 heteroatoms. The summed E-state index contributed by atoms with van der Waals surface area (Å²) in [6, 6.07) is 13.9. The van der Waals surface area contributed by atoms with E-state index in [1.807, 2.05) is 49.3 Å². The average Bonchev–Trinajstić information content (AvgIpc) is 3.22. The van der Waals surface area contributed by atoms with Gasteiger partial charge in [0, 0.05) is 24.1 Å². The summed E-state index contributed by atoms with van der Waals surface area (Å²) in [6.07, 6.45) is 0. The van der Waals surface area contributed by atoms with E-state index in [0.717, 1.165) is 22.5 Å². The number of hydrogen-bond acceptors (Lipinski definition) is 6. The molecule has 0 fully saturated rings. The number of anilines is 1. The second-order valence-corrected chi connectivity index (χ2v) is 11.9. The van der Waals surface area contributed by atoms with Crippen molar-refractivity contribution in [3.8, 4) is 11.4 Å². The predicted octanol–water partition coefficient (Wildman–Crippen LogP) is 4.16. The number of likely N-dealkylation sites (N-methyl/N-ethyl adjacent to an activating group) is 1. The number of ether oxygens (including phenoxy) is 1. The Balaban J connectivity index is 1.92. The standard InChI is InChI=1S/C29H36FN5O3S/c1-29(2,3)27-25-26(19-8-7-9-20(30)16-19)39-18-24(37)34(17-23(36)31-14-15-33(4)5)28(25)35(32-27)21-10-12-22(38-6)13-11-21/h7-13,16,26H,14-15,17-18H2,1-6H3,(H,31,36). The number of thioether (sulfide) groups is 1. The van der Waals surface area contributed by atoms with Crippen LogP contribution in [0.15, 0.2) is 48.5 Å². The van der Waals surface area contributed by atoms with Gasteiger partial charge in [-0.1, -0.05) is 32.9 Å². The molecule has 0 saturated carbocycles. The molecule has 2 heterocycles. The van der Waals surface area contributed by atoms with Crippen LogP contribution in [-0.4, -0.2) is 73.1 Å². The predicted molar refractivity (Wildman–Crippen MR) is 153 cm³/mol. The number of carbonyl (C=O) groups is 2. The molecule has 8 nitrogen and oxygen atoms in total. The van der Waals surface area contributed by atoms with Crippen molar-refractivity contribution in [1.82, 2.24) is 20.0 Å². The number of halogens is 1. The van der Waals surface area contributed by atoms with E-state index in [2.05, 4.69) is 26.1 Å². The van der Waals surface area contributed by atoms with E-state index >= 15 is 0 Å². The van der Waals surface area contributed by atoms with Gasteiger partial charge < -0.3 is 15.0 Å². The second kappa shape index (κ2) is 11.8. The fourth-order valence-electron chi connectivity index (χ4n) is 4.53. The molecule has 3 aromatic rings. The van der Waals surface area contributed by atoms with Crippen LogP contribution in [0.25, 0.3) is 5.69 Å². The minimum atomic E-state index is -0.402. The van der Waals surface area contributed by atoms with Crippen molar-refractivity contribution < 1.29 is 18.7 Å². The molecule has 0 bridgehead atoms. The van der Waals surface area contributed by atoms with E-state index in [-0.39, 0.29) is 35.2 Å². The highest BCUT2D eigenvalue weighted by atomic mass is 32.2. The van der Waals surface area contributed by atoms with Gasteiger partial charge in [-0.05, 0) is 56.1 Å². The van der Waals surface area contributed by atoms with E-state index in [0.29, 0.717) is 24.7 Å². The van der Waals surface area contributed by atoms with Crippen molar-refractivity contribution in [3.63, 3.8) is 0 Å². The molecule has 1 unspecified atom stereocenters. The highest BCUT2D eigenvalue weighted by molar-refractivity contribution is 8.00. The van der Waals surface area contributed by atoms with E-state index < -0.39 is 5.41 Å². The first-order valence-electron chi connectivity index (χ1n) is 12.9. The van der Waals surface area contributed by atoms with Gasteiger partial charge in [-0.15, -0.1) is 11.8 Å². The monoisotopic (exact) mass is 553 g/mol. The molecule has 4 rings (SSSR count). The zero-order chi connectivity index (χ0) is 28.3. The Morgan fingerprint density at radius 1 is 1.21 bits per heavy atom. The molecule has 2 aromatic carbocycles. The maximum Gasteiger partial charge on any atom is 0.240 e. The average molecular weight is 554 g/mol. The third-order valence-electron chi connectivity index (χ3n) is 6.45. The highest BCUT2D eigenvalue weighted by Gasteiger charge is 2.40. The maximum absolute atomic E-state index is 14.4. The van der Waals surface area contributed by atoms with Gasteiger partial charge >= 0.3 is 0 Å². The van der Waals surface area contributed by atoms with Gasteiger partial charge in [-0.2, -0.15) is 5.10 Å². The number of hydrogen-bond donors (Lipinski definition) is 1. The SMILES string of the molecule is COc1ccc(-n2nc(C(C)(C)C)c3c2N(CC(=O)NCCN(C)C)C(=O)CSC3c2cccc(F)c2)cc1. The summed E-state index contributed by atoms with van der Waals surface area (Å²) in [5, 5.41) is 7.60. The number of methoxy groups -OCH3 is 1. The first kappa shape index (κ1) is 28.6. The first-order valence-corrected chi connectivity index (χ1v) is 13.9. The highest BCUT2D eigenvalue weighted by Crippen LogP contribution is 2.48.